The first kappa shape index (κ1) is 18.3. The normalized spacial score (nSPS) is 19.8. The molecule has 0 spiro atoms. The van der Waals surface area contributed by atoms with E-state index in [1.807, 2.05) is 0 Å². The van der Waals surface area contributed by atoms with Crippen LogP contribution >= 0.6 is 0 Å². The van der Waals surface area contributed by atoms with E-state index in [-0.39, 0.29) is 17.7 Å². The molecule has 9 nitrogen and oxygen atoms in total. The van der Waals surface area contributed by atoms with E-state index in [1.54, 1.807) is 22.1 Å². The van der Waals surface area contributed by atoms with Crippen molar-refractivity contribution in [3.8, 4) is 0 Å². The van der Waals surface area contributed by atoms with Crippen molar-refractivity contribution in [2.45, 2.75) is 31.6 Å². The number of amides is 3. The molecule has 0 radical (unpaired) electrons. The summed E-state index contributed by atoms with van der Waals surface area (Å²) in [6, 6.07) is 1.64. The summed E-state index contributed by atoms with van der Waals surface area (Å²) in [6.45, 7) is 2.64. The molecule has 0 bridgehead atoms. The molecule has 2 aromatic heterocycles. The molecule has 4 heterocycles. The van der Waals surface area contributed by atoms with Gasteiger partial charge in [-0.1, -0.05) is 0 Å². The number of aromatic nitrogens is 3. The summed E-state index contributed by atoms with van der Waals surface area (Å²) in [5.41, 5.74) is 7.40. The fraction of sp³-hybridized carbons (Fsp3) is 0.474. The Morgan fingerprint density at radius 1 is 1.07 bits per heavy atom. The molecule has 0 aromatic carbocycles. The second-order valence-corrected chi connectivity index (χ2v) is 7.45. The molecule has 2 fully saturated rings. The topological polar surface area (TPSA) is 128 Å². The van der Waals surface area contributed by atoms with Gasteiger partial charge in [0.1, 0.15) is 5.69 Å². The lowest BCUT2D eigenvalue weighted by atomic mass is 9.92. The highest BCUT2D eigenvalue weighted by Crippen LogP contribution is 2.28. The third-order valence-electron chi connectivity index (χ3n) is 5.60. The maximum Gasteiger partial charge on any atom is 0.270 e. The maximum atomic E-state index is 13.0. The van der Waals surface area contributed by atoms with Crippen molar-refractivity contribution in [2.24, 2.45) is 5.73 Å². The first-order chi connectivity index (χ1) is 13.5. The number of carbonyl (C=O) groups is 3. The maximum absolute atomic E-state index is 13.0. The van der Waals surface area contributed by atoms with E-state index < -0.39 is 5.91 Å². The van der Waals surface area contributed by atoms with Gasteiger partial charge in [0.2, 0.25) is 0 Å². The Balaban J connectivity index is 1.47. The number of piperidine rings is 1. The molecular formula is C19H24N6O3. The number of nitrogens with one attached hydrogen (secondary N) is 2. The number of primary amides is 1. The van der Waals surface area contributed by atoms with Crippen LogP contribution in [-0.2, 0) is 0 Å². The van der Waals surface area contributed by atoms with Crippen LogP contribution in [0.3, 0.4) is 0 Å². The molecule has 2 aliphatic heterocycles. The third-order valence-corrected chi connectivity index (χ3v) is 5.60. The summed E-state index contributed by atoms with van der Waals surface area (Å²) >= 11 is 0. The average Bonchev–Trinajstić information content (AvgIpc) is 3.48. The van der Waals surface area contributed by atoms with Gasteiger partial charge in [0, 0.05) is 38.3 Å². The summed E-state index contributed by atoms with van der Waals surface area (Å²) in [5, 5.41) is 6.79. The van der Waals surface area contributed by atoms with Gasteiger partial charge in [0.05, 0.1) is 23.0 Å². The smallest absolute Gasteiger partial charge is 0.270 e. The number of H-pyrrole nitrogens is 2. The molecule has 1 atom stereocenters. The van der Waals surface area contributed by atoms with E-state index in [2.05, 4.69) is 15.2 Å². The molecular weight excluding hydrogens is 360 g/mol. The highest BCUT2D eigenvalue weighted by Gasteiger charge is 2.30. The van der Waals surface area contributed by atoms with E-state index in [9.17, 15) is 14.4 Å². The quantitative estimate of drug-likeness (QED) is 0.729. The van der Waals surface area contributed by atoms with E-state index in [1.165, 1.54) is 6.20 Å². The molecule has 0 saturated carbocycles. The minimum atomic E-state index is -0.525. The zero-order valence-electron chi connectivity index (χ0n) is 15.6. The van der Waals surface area contributed by atoms with Crippen LogP contribution in [0.2, 0.25) is 0 Å². The van der Waals surface area contributed by atoms with Gasteiger partial charge in [0.15, 0.2) is 0 Å². The fourth-order valence-corrected chi connectivity index (χ4v) is 4.12. The van der Waals surface area contributed by atoms with Crippen LogP contribution in [0.4, 0.5) is 0 Å². The lowest BCUT2D eigenvalue weighted by Gasteiger charge is -2.32. The summed E-state index contributed by atoms with van der Waals surface area (Å²) in [4.78, 5) is 43.5. The Labute approximate surface area is 162 Å². The van der Waals surface area contributed by atoms with Crippen molar-refractivity contribution < 1.29 is 14.4 Å². The Kier molecular flexibility index (Phi) is 4.89. The van der Waals surface area contributed by atoms with Gasteiger partial charge < -0.3 is 20.5 Å². The number of nitrogens with two attached hydrogens (primary N) is 1. The molecule has 4 N–H and O–H groups in total. The molecule has 9 heteroatoms. The molecule has 2 aromatic rings. The van der Waals surface area contributed by atoms with Crippen LogP contribution in [0.1, 0.15) is 68.5 Å². The first-order valence-electron chi connectivity index (χ1n) is 9.64. The molecule has 3 amide bonds. The van der Waals surface area contributed by atoms with Crippen molar-refractivity contribution in [3.05, 3.63) is 41.0 Å². The SMILES string of the molecule is NC(=O)c1cn[nH]c1C1CCCN(C(=O)c2c[nH]c(C(=O)N3CCCC3)c2)C1. The minimum absolute atomic E-state index is 0.0210. The Morgan fingerprint density at radius 2 is 1.82 bits per heavy atom. The number of aromatic amines is 2. The van der Waals surface area contributed by atoms with Crippen molar-refractivity contribution >= 4 is 17.7 Å². The Hall–Kier alpha value is -3.10. The van der Waals surface area contributed by atoms with Crippen molar-refractivity contribution in [1.29, 1.82) is 0 Å². The van der Waals surface area contributed by atoms with Gasteiger partial charge in [-0.3, -0.25) is 19.5 Å². The Morgan fingerprint density at radius 3 is 2.57 bits per heavy atom. The zero-order chi connectivity index (χ0) is 19.7. The minimum Gasteiger partial charge on any atom is -0.365 e. The van der Waals surface area contributed by atoms with Crippen LogP contribution in [0.5, 0.6) is 0 Å². The fourth-order valence-electron chi connectivity index (χ4n) is 4.12. The molecule has 2 saturated heterocycles. The van der Waals surface area contributed by atoms with Crippen molar-refractivity contribution in [3.63, 3.8) is 0 Å². The predicted octanol–water partition coefficient (Wildman–Crippen LogP) is 1.09. The average molecular weight is 384 g/mol. The van der Waals surface area contributed by atoms with Crippen molar-refractivity contribution in [1.82, 2.24) is 25.0 Å². The summed E-state index contributed by atoms with van der Waals surface area (Å²) < 4.78 is 0. The lowest BCUT2D eigenvalue weighted by molar-refractivity contribution is 0.0706. The van der Waals surface area contributed by atoms with Gasteiger partial charge in [-0.25, -0.2) is 0 Å². The number of likely N-dealkylation sites (tertiary alicyclic amines) is 2. The highest BCUT2D eigenvalue weighted by molar-refractivity contribution is 5.99. The van der Waals surface area contributed by atoms with Gasteiger partial charge >= 0.3 is 0 Å². The van der Waals surface area contributed by atoms with Gasteiger partial charge in [-0.15, -0.1) is 0 Å². The molecule has 148 valence electrons. The molecule has 0 aliphatic carbocycles. The summed E-state index contributed by atoms with van der Waals surface area (Å²) in [5.74, 6) is -0.728. The van der Waals surface area contributed by atoms with E-state index in [0.717, 1.165) is 38.8 Å². The molecule has 1 unspecified atom stereocenters. The van der Waals surface area contributed by atoms with E-state index in [0.29, 0.717) is 35.6 Å². The van der Waals surface area contributed by atoms with Crippen LogP contribution < -0.4 is 5.73 Å². The largest absolute Gasteiger partial charge is 0.365 e. The summed E-state index contributed by atoms with van der Waals surface area (Å²) in [6.07, 6.45) is 6.74. The number of hydrogen-bond donors (Lipinski definition) is 3. The number of hydrogen-bond acceptors (Lipinski definition) is 4. The van der Waals surface area contributed by atoms with E-state index in [4.69, 9.17) is 5.73 Å². The number of nitrogens with zero attached hydrogens (tertiary/aromatic N) is 3. The van der Waals surface area contributed by atoms with E-state index >= 15 is 0 Å². The highest BCUT2D eigenvalue weighted by atomic mass is 16.2. The van der Waals surface area contributed by atoms with Gasteiger partial charge in [-0.05, 0) is 31.7 Å². The molecule has 28 heavy (non-hydrogen) atoms. The van der Waals surface area contributed by atoms with Crippen LogP contribution in [0, 0.1) is 0 Å². The number of carbonyl (C=O) groups excluding carboxylic acids is 3. The van der Waals surface area contributed by atoms with Crippen LogP contribution in [0.25, 0.3) is 0 Å². The second-order valence-electron chi connectivity index (χ2n) is 7.45. The summed E-state index contributed by atoms with van der Waals surface area (Å²) in [7, 11) is 0. The Bertz CT molecular complexity index is 895. The lowest BCUT2D eigenvalue weighted by Crippen LogP contribution is -2.39. The number of rotatable bonds is 4. The zero-order valence-corrected chi connectivity index (χ0v) is 15.6. The van der Waals surface area contributed by atoms with Crippen LogP contribution in [-0.4, -0.2) is 68.9 Å². The monoisotopic (exact) mass is 384 g/mol. The van der Waals surface area contributed by atoms with Gasteiger partial charge in [0.25, 0.3) is 17.7 Å². The standard InChI is InChI=1S/C19H24N6O3/c20-17(26)14-10-22-23-16(14)12-4-3-7-25(11-12)18(27)13-8-15(21-9-13)19(28)24-5-1-2-6-24/h8-10,12,21H,1-7,11H2,(H2,20,26)(H,22,23). The first-order valence-corrected chi connectivity index (χ1v) is 9.64. The van der Waals surface area contributed by atoms with Crippen molar-refractivity contribution in [2.75, 3.05) is 26.2 Å². The van der Waals surface area contributed by atoms with Crippen LogP contribution in [0.15, 0.2) is 18.5 Å². The second kappa shape index (κ2) is 7.49. The third kappa shape index (κ3) is 3.39. The molecule has 4 rings (SSSR count). The van der Waals surface area contributed by atoms with Gasteiger partial charge in [-0.2, -0.15) is 5.10 Å². The predicted molar refractivity (Wildman–Crippen MR) is 101 cm³/mol. The molecule has 2 aliphatic rings.